The SMILES string of the molecule is CCOCCC(=O)NCc1sccc1C#CCN. The lowest BCUT2D eigenvalue weighted by molar-refractivity contribution is -0.122. The van der Waals surface area contributed by atoms with Crippen LogP contribution in [0.1, 0.15) is 23.8 Å². The average molecular weight is 266 g/mol. The molecule has 0 fully saturated rings. The van der Waals surface area contributed by atoms with E-state index in [1.807, 2.05) is 18.4 Å². The van der Waals surface area contributed by atoms with Crippen molar-refractivity contribution in [3.8, 4) is 11.8 Å². The molecule has 98 valence electrons. The molecule has 18 heavy (non-hydrogen) atoms. The van der Waals surface area contributed by atoms with Crippen molar-refractivity contribution in [1.82, 2.24) is 5.32 Å². The van der Waals surface area contributed by atoms with Gasteiger partial charge in [-0.2, -0.15) is 0 Å². The summed E-state index contributed by atoms with van der Waals surface area (Å²) < 4.78 is 5.12. The van der Waals surface area contributed by atoms with E-state index in [1.165, 1.54) is 0 Å². The number of nitrogens with two attached hydrogens (primary N) is 1. The van der Waals surface area contributed by atoms with Crippen molar-refractivity contribution in [2.75, 3.05) is 19.8 Å². The second kappa shape index (κ2) is 8.70. The van der Waals surface area contributed by atoms with Crippen molar-refractivity contribution in [2.45, 2.75) is 19.9 Å². The Hall–Kier alpha value is -1.35. The van der Waals surface area contributed by atoms with Crippen LogP contribution >= 0.6 is 11.3 Å². The first-order chi connectivity index (χ1) is 8.77. The van der Waals surface area contributed by atoms with Crippen LogP contribution in [0.25, 0.3) is 0 Å². The Morgan fingerprint density at radius 3 is 3.17 bits per heavy atom. The van der Waals surface area contributed by atoms with E-state index in [-0.39, 0.29) is 5.91 Å². The first kappa shape index (κ1) is 14.7. The molecule has 1 amide bonds. The van der Waals surface area contributed by atoms with E-state index in [0.29, 0.717) is 32.7 Å². The molecule has 1 aromatic rings. The first-order valence-electron chi connectivity index (χ1n) is 5.87. The highest BCUT2D eigenvalue weighted by Crippen LogP contribution is 2.15. The first-order valence-corrected chi connectivity index (χ1v) is 6.75. The fourth-order valence-corrected chi connectivity index (χ4v) is 2.08. The van der Waals surface area contributed by atoms with Gasteiger partial charge < -0.3 is 15.8 Å². The van der Waals surface area contributed by atoms with Crippen LogP contribution in [0.4, 0.5) is 0 Å². The van der Waals surface area contributed by atoms with Crippen molar-refractivity contribution in [3.63, 3.8) is 0 Å². The zero-order valence-corrected chi connectivity index (χ0v) is 11.3. The summed E-state index contributed by atoms with van der Waals surface area (Å²) in [6.45, 7) is 3.86. The molecule has 1 aromatic heterocycles. The van der Waals surface area contributed by atoms with Gasteiger partial charge in [0.15, 0.2) is 0 Å². The van der Waals surface area contributed by atoms with Crippen LogP contribution in [-0.4, -0.2) is 25.7 Å². The number of carbonyl (C=O) groups is 1. The van der Waals surface area contributed by atoms with Gasteiger partial charge in [-0.25, -0.2) is 0 Å². The molecule has 0 aliphatic heterocycles. The number of carbonyl (C=O) groups excluding carboxylic acids is 1. The number of amides is 1. The van der Waals surface area contributed by atoms with Gasteiger partial charge in [0, 0.05) is 23.5 Å². The van der Waals surface area contributed by atoms with E-state index in [1.54, 1.807) is 11.3 Å². The molecule has 0 aromatic carbocycles. The topological polar surface area (TPSA) is 64.3 Å². The van der Waals surface area contributed by atoms with E-state index < -0.39 is 0 Å². The number of hydrogen-bond acceptors (Lipinski definition) is 4. The Kier molecular flexibility index (Phi) is 7.11. The summed E-state index contributed by atoms with van der Waals surface area (Å²) in [5.41, 5.74) is 6.27. The molecule has 0 atom stereocenters. The maximum Gasteiger partial charge on any atom is 0.222 e. The quantitative estimate of drug-likeness (QED) is 0.598. The van der Waals surface area contributed by atoms with Crippen molar-refractivity contribution < 1.29 is 9.53 Å². The Bertz CT molecular complexity index is 432. The second-order valence-corrected chi connectivity index (χ2v) is 4.49. The lowest BCUT2D eigenvalue weighted by atomic mass is 10.2. The number of nitrogens with one attached hydrogen (secondary N) is 1. The van der Waals surface area contributed by atoms with E-state index >= 15 is 0 Å². The van der Waals surface area contributed by atoms with Crippen LogP contribution < -0.4 is 11.1 Å². The summed E-state index contributed by atoms with van der Waals surface area (Å²) in [6, 6.07) is 1.94. The molecule has 0 saturated heterocycles. The lowest BCUT2D eigenvalue weighted by Crippen LogP contribution is -2.23. The highest BCUT2D eigenvalue weighted by atomic mass is 32.1. The van der Waals surface area contributed by atoms with Crippen LogP contribution in [0.5, 0.6) is 0 Å². The van der Waals surface area contributed by atoms with Gasteiger partial charge >= 0.3 is 0 Å². The summed E-state index contributed by atoms with van der Waals surface area (Å²) in [7, 11) is 0. The predicted molar refractivity (Wildman–Crippen MR) is 73.2 cm³/mol. The third-order valence-electron chi connectivity index (χ3n) is 2.19. The Morgan fingerprint density at radius 1 is 1.61 bits per heavy atom. The molecule has 0 aliphatic carbocycles. The van der Waals surface area contributed by atoms with E-state index in [9.17, 15) is 4.79 Å². The van der Waals surface area contributed by atoms with E-state index in [2.05, 4.69) is 17.2 Å². The summed E-state index contributed by atoms with van der Waals surface area (Å²) in [6.07, 6.45) is 0.392. The van der Waals surface area contributed by atoms with Gasteiger partial charge in [0.25, 0.3) is 0 Å². The highest BCUT2D eigenvalue weighted by molar-refractivity contribution is 7.10. The molecular formula is C13H18N2O2S. The molecule has 1 heterocycles. The monoisotopic (exact) mass is 266 g/mol. The van der Waals surface area contributed by atoms with Gasteiger partial charge in [-0.3, -0.25) is 4.79 Å². The minimum absolute atomic E-state index is 0.00501. The molecular weight excluding hydrogens is 248 g/mol. The van der Waals surface area contributed by atoms with Crippen molar-refractivity contribution in [2.24, 2.45) is 5.73 Å². The minimum atomic E-state index is -0.00501. The molecule has 0 aliphatic rings. The highest BCUT2D eigenvalue weighted by Gasteiger charge is 2.05. The largest absolute Gasteiger partial charge is 0.381 e. The number of thiophene rings is 1. The summed E-state index contributed by atoms with van der Waals surface area (Å²) in [5, 5.41) is 4.81. The maximum absolute atomic E-state index is 11.5. The van der Waals surface area contributed by atoms with Crippen molar-refractivity contribution in [3.05, 3.63) is 21.9 Å². The van der Waals surface area contributed by atoms with Crippen LogP contribution in [0.15, 0.2) is 11.4 Å². The van der Waals surface area contributed by atoms with E-state index in [4.69, 9.17) is 10.5 Å². The summed E-state index contributed by atoms with van der Waals surface area (Å²) >= 11 is 1.58. The normalized spacial score (nSPS) is 9.67. The molecule has 0 bridgehead atoms. The molecule has 3 N–H and O–H groups in total. The van der Waals surface area contributed by atoms with Crippen LogP contribution in [0, 0.1) is 11.8 Å². The zero-order chi connectivity index (χ0) is 13.2. The standard InChI is InChI=1S/C13H18N2O2S/c1-2-17-8-5-13(16)15-10-12-11(4-3-7-14)6-9-18-12/h6,9H,2,5,7-8,10,14H2,1H3,(H,15,16). The third-order valence-corrected chi connectivity index (χ3v) is 3.12. The van der Waals surface area contributed by atoms with Gasteiger partial charge in [0.2, 0.25) is 5.91 Å². The number of hydrogen-bond donors (Lipinski definition) is 2. The molecule has 1 rings (SSSR count). The Balaban J connectivity index is 2.39. The third kappa shape index (κ3) is 5.32. The smallest absolute Gasteiger partial charge is 0.222 e. The molecule has 4 nitrogen and oxygen atoms in total. The minimum Gasteiger partial charge on any atom is -0.381 e. The van der Waals surface area contributed by atoms with Crippen molar-refractivity contribution >= 4 is 17.2 Å². The molecule has 0 saturated carbocycles. The Labute approximate surface area is 112 Å². The summed E-state index contributed by atoms with van der Waals surface area (Å²) in [4.78, 5) is 12.6. The van der Waals surface area contributed by atoms with Gasteiger partial charge in [0.05, 0.1) is 19.7 Å². The molecule has 0 unspecified atom stereocenters. The van der Waals surface area contributed by atoms with Gasteiger partial charge in [-0.05, 0) is 18.4 Å². The predicted octanol–water partition coefficient (Wildman–Crippen LogP) is 1.10. The van der Waals surface area contributed by atoms with Crippen LogP contribution in [0.2, 0.25) is 0 Å². The zero-order valence-electron chi connectivity index (χ0n) is 10.5. The van der Waals surface area contributed by atoms with Crippen LogP contribution in [-0.2, 0) is 16.1 Å². The van der Waals surface area contributed by atoms with Gasteiger partial charge in [-0.1, -0.05) is 11.8 Å². The summed E-state index contributed by atoms with van der Waals surface area (Å²) in [5.74, 6) is 5.80. The fraction of sp³-hybridized carbons (Fsp3) is 0.462. The fourth-order valence-electron chi connectivity index (χ4n) is 1.31. The average Bonchev–Trinajstić information content (AvgIpc) is 2.81. The number of rotatable bonds is 6. The van der Waals surface area contributed by atoms with Crippen LogP contribution in [0.3, 0.4) is 0 Å². The van der Waals surface area contributed by atoms with Crippen molar-refractivity contribution in [1.29, 1.82) is 0 Å². The van der Waals surface area contributed by atoms with E-state index in [0.717, 1.165) is 10.4 Å². The Morgan fingerprint density at radius 2 is 2.44 bits per heavy atom. The molecule has 0 spiro atoms. The van der Waals surface area contributed by atoms with Gasteiger partial charge in [-0.15, -0.1) is 11.3 Å². The lowest BCUT2D eigenvalue weighted by Gasteiger charge is -2.04. The molecule has 0 radical (unpaired) electrons. The second-order valence-electron chi connectivity index (χ2n) is 3.49. The maximum atomic E-state index is 11.5. The molecule has 5 heteroatoms. The number of ether oxygens (including phenoxy) is 1. The van der Waals surface area contributed by atoms with Gasteiger partial charge in [0.1, 0.15) is 0 Å².